The predicted octanol–water partition coefficient (Wildman–Crippen LogP) is 22.1. The number of Topliss-reactive ketones (excluding diaryl/α,β-unsaturated/α-hetero) is 5. The molecule has 0 spiro atoms. The van der Waals surface area contributed by atoms with Crippen LogP contribution >= 0.6 is 11.8 Å². The van der Waals surface area contributed by atoms with Crippen molar-refractivity contribution in [2.45, 2.75) is 309 Å². The Morgan fingerprint density at radius 3 is 0.947 bits per heavy atom. The maximum Gasteiger partial charge on any atom is 0.204 e. The number of thioether (sulfide) groups is 1. The molecule has 1 aromatic carbocycles. The van der Waals surface area contributed by atoms with Crippen molar-refractivity contribution in [2.75, 3.05) is 83.9 Å². The van der Waals surface area contributed by atoms with Crippen LogP contribution in [0.2, 0.25) is 0 Å². The minimum Gasteiger partial charge on any atom is -0.496 e. The van der Waals surface area contributed by atoms with Crippen LogP contribution in [0.3, 0.4) is 0 Å². The number of aliphatic hydroxyl groups excluding tert-OH is 6. The van der Waals surface area contributed by atoms with E-state index in [1.807, 2.05) is 65.1 Å². The van der Waals surface area contributed by atoms with E-state index in [1.165, 1.54) is 124 Å². The second-order valence-electron chi connectivity index (χ2n) is 37.4. The van der Waals surface area contributed by atoms with E-state index in [0.29, 0.717) is 54.2 Å². The Kier molecular flexibility index (Phi) is 57.5. The summed E-state index contributed by atoms with van der Waals surface area (Å²) in [5.74, 6) is -0.830. The number of benzene rings is 1. The number of rotatable bonds is 46. The lowest BCUT2D eigenvalue weighted by molar-refractivity contribution is -0.128. The largest absolute Gasteiger partial charge is 0.496 e. The van der Waals surface area contributed by atoms with E-state index in [0.717, 1.165) is 115 Å². The van der Waals surface area contributed by atoms with Crippen LogP contribution in [0.4, 0.5) is 0 Å². The molecule has 0 bridgehead atoms. The van der Waals surface area contributed by atoms with Crippen LogP contribution in [0.15, 0.2) is 203 Å². The lowest BCUT2D eigenvalue weighted by atomic mass is 9.76. The van der Waals surface area contributed by atoms with Gasteiger partial charge in [0.05, 0.1) is 73.5 Å². The van der Waals surface area contributed by atoms with E-state index in [9.17, 15) is 49.5 Å². The molecule has 6 rings (SSSR count). The quantitative estimate of drug-likeness (QED) is 0.0298. The molecule has 1 aromatic rings. The number of likely N-dealkylation sites (N-methyl/N-ethyl adjacent to an activating group) is 1. The Morgan fingerprint density at radius 2 is 0.644 bits per heavy atom. The van der Waals surface area contributed by atoms with Gasteiger partial charge >= 0.3 is 0 Å². The fourth-order valence-corrected chi connectivity index (χ4v) is 17.8. The monoisotopic (exact) mass is 1860 g/mol. The van der Waals surface area contributed by atoms with Crippen LogP contribution in [-0.4, -0.2) is 180 Å². The van der Waals surface area contributed by atoms with Gasteiger partial charge in [0, 0.05) is 79.9 Å². The smallest absolute Gasteiger partial charge is 0.204 e. The van der Waals surface area contributed by atoms with Gasteiger partial charge in [-0.25, -0.2) is 0 Å². The molecule has 22 heteroatoms. The van der Waals surface area contributed by atoms with Crippen molar-refractivity contribution < 1.29 is 97.2 Å². The highest BCUT2D eigenvalue weighted by Crippen LogP contribution is 2.42. The summed E-state index contributed by atoms with van der Waals surface area (Å²) in [4.78, 5) is 63.0. The number of allylic oxidation sites excluding steroid dienone is 25. The fraction of sp³-hybridized carbons (Fsp3) is 0.627. The van der Waals surface area contributed by atoms with Gasteiger partial charge in [-0.05, 0) is 250 Å². The summed E-state index contributed by atoms with van der Waals surface area (Å²) in [7, 11) is 15.1. The molecule has 132 heavy (non-hydrogen) atoms. The molecule has 0 amide bonds. The van der Waals surface area contributed by atoms with Crippen molar-refractivity contribution in [1.82, 2.24) is 5.32 Å². The lowest BCUT2D eigenvalue weighted by Crippen LogP contribution is -2.42. The third kappa shape index (κ3) is 39.0. The van der Waals surface area contributed by atoms with Crippen molar-refractivity contribution in [3.8, 4) is 0 Å². The summed E-state index contributed by atoms with van der Waals surface area (Å²) in [5.41, 5.74) is 15.0. The molecule has 0 heterocycles. The standard InChI is InChI=1S/C25H42O5.C24H39NO3.C24H38O3S.C21H28O4.C16H26O5/c1-17(13-10-16-25(4,5)30-8)11-9-12-18(2)14-15-20-19(3)21(26)23(28-6)24(29-7)22(20)27;1-16(2)10-8-11-17(3)12-9-13-18(4)14-15-20-19(5)22(26)21(25-6)24(28-7)23(20)27;1-16(2)10-8-11-17(3)12-9-13-18(4)14-15-20-19(5)21(25)23(27-6)24(28-7)22(20)26;1-14(10-12-16-8-6-5-7-9-16)11-13-17-15(2)18(22)20(24-3)21(25-4)19(17)23;1-10(6-5-9-17)7-8-12-11(2)13(18)15(20-3)16(21-4)14(12)19/h11,14,19-20,22,27H,9-10,12-13,15-16H2,1-8H3;10,12,14,19-20,23,25,27H,8-9,11,13,15H2,1-7H3;10,12,14,19-20,22,26H,8-9,11,13,15H2,1-7H3;5-9,11,15,17,19,23H,10,12-13H2,1-4H3;7,11-12,14,17,19H,5-6,8-9H2,1-4H3/b17-11+,18-14+;2*17-12+,18-14+;14-11+;10-7+. The zero-order valence-electron chi connectivity index (χ0n) is 86.4. The topological polar surface area (TPSA) is 302 Å². The highest BCUT2D eigenvalue weighted by molar-refractivity contribution is 8.02. The van der Waals surface area contributed by atoms with Crippen LogP contribution in [-0.2, 0) is 73.0 Å². The Balaban J connectivity index is 0.000000561. The summed E-state index contributed by atoms with van der Waals surface area (Å²) in [5, 5.41) is 64.8. The Labute approximate surface area is 799 Å². The first-order valence-corrected chi connectivity index (χ1v) is 48.8. The number of hydrogen-bond acceptors (Lipinski definition) is 22. The van der Waals surface area contributed by atoms with Gasteiger partial charge in [0.25, 0.3) is 0 Å². The number of aliphatic hydroxyl groups is 6. The molecule has 21 nitrogen and oxygen atoms in total. The number of carbonyl (C=O) groups excluding carboxylic acids is 5. The second-order valence-corrected chi connectivity index (χ2v) is 38.2. The minimum atomic E-state index is -0.848. The maximum absolute atomic E-state index is 12.6. The summed E-state index contributed by atoms with van der Waals surface area (Å²) in [6.45, 7) is 39.3. The molecule has 0 aromatic heterocycles. The lowest BCUT2D eigenvalue weighted by Gasteiger charge is -2.34. The minimum absolute atomic E-state index is 0.00290. The number of aryl methyl sites for hydroxylation is 1. The van der Waals surface area contributed by atoms with Crippen molar-refractivity contribution in [3.63, 3.8) is 0 Å². The number of ether oxygens (including phenoxy) is 9. The summed E-state index contributed by atoms with van der Waals surface area (Å²) >= 11 is 1.41. The van der Waals surface area contributed by atoms with Gasteiger partial charge in [0.15, 0.2) is 34.6 Å². The van der Waals surface area contributed by atoms with E-state index in [4.69, 9.17) is 47.7 Å². The first kappa shape index (κ1) is 120. The molecule has 0 radical (unpaired) electrons. The van der Waals surface area contributed by atoms with E-state index >= 15 is 0 Å². The second kappa shape index (κ2) is 63.3. The zero-order valence-corrected chi connectivity index (χ0v) is 87.2. The average Bonchev–Trinajstić information content (AvgIpc) is 0.811. The highest BCUT2D eigenvalue weighted by Gasteiger charge is 2.47. The van der Waals surface area contributed by atoms with Gasteiger partial charge in [-0.1, -0.05) is 181 Å². The molecule has 0 saturated heterocycles. The Bertz CT molecular complexity index is 4160. The molecule has 0 saturated carbocycles. The van der Waals surface area contributed by atoms with Crippen LogP contribution in [0, 0.1) is 59.2 Å². The van der Waals surface area contributed by atoms with Crippen molar-refractivity contribution in [1.29, 1.82) is 0 Å². The molecule has 15 unspecified atom stereocenters. The van der Waals surface area contributed by atoms with Gasteiger partial charge in [-0.2, -0.15) is 0 Å². The van der Waals surface area contributed by atoms with Gasteiger partial charge < -0.3 is 78.6 Å². The zero-order chi connectivity index (χ0) is 99.8. The molecule has 0 aliphatic heterocycles. The Morgan fingerprint density at radius 1 is 0.364 bits per heavy atom. The summed E-state index contributed by atoms with van der Waals surface area (Å²) in [6.07, 6.45) is 40.7. The molecule has 5 aliphatic rings. The van der Waals surface area contributed by atoms with Gasteiger partial charge in [-0.3, -0.25) is 24.0 Å². The first-order chi connectivity index (χ1) is 62.5. The molecule has 0 fully saturated rings. The average molecular weight is 1860 g/mol. The van der Waals surface area contributed by atoms with E-state index in [-0.39, 0.29) is 135 Å². The number of methoxy groups -OCH3 is 9. The summed E-state index contributed by atoms with van der Waals surface area (Å²) in [6, 6.07) is 10.4. The Hall–Kier alpha value is -8.06. The van der Waals surface area contributed by atoms with Gasteiger partial charge in [-0.15, -0.1) is 11.8 Å². The predicted molar refractivity (Wildman–Crippen MR) is 536 cm³/mol. The van der Waals surface area contributed by atoms with E-state index in [1.54, 1.807) is 21.1 Å². The van der Waals surface area contributed by atoms with Crippen molar-refractivity contribution >= 4 is 40.7 Å². The SMILES string of the molecule is CNC1=C(OC)C(O)C(C/C=C(\C)CC/C=C(\C)CCC=C(C)C)C(C)C1=O.COC1=C(OC)C(O)C(C/C=C(\C)CC/C=C(\C)CCCC(C)(C)OC)C(C)C1=O.COC1=C(OC)C(O)C(C/C=C(\C)CCCO)C(C)C1=O.COC1=C(OC)C(O)C(C/C=C(\C)CCc2ccccc2)C(C)C1=O.COC1=C(SC)C(O)C(C/C=C(\C)CC/C=C(\C)CCC=C(C)C)C(C)C1=O. The normalized spacial score (nSPS) is 24.4. The van der Waals surface area contributed by atoms with Gasteiger partial charge in [0.1, 0.15) is 30.1 Å². The van der Waals surface area contributed by atoms with Crippen molar-refractivity contribution in [3.05, 3.63) is 209 Å². The van der Waals surface area contributed by atoms with E-state index < -0.39 is 30.5 Å². The molecule has 15 atom stereocenters. The van der Waals surface area contributed by atoms with Crippen LogP contribution in [0.5, 0.6) is 0 Å². The number of ketones is 5. The molecule has 7 N–H and O–H groups in total. The van der Waals surface area contributed by atoms with Crippen LogP contribution < -0.4 is 5.32 Å². The molecule has 5 aliphatic carbocycles. The van der Waals surface area contributed by atoms with E-state index in [2.05, 4.69) is 162 Å². The maximum atomic E-state index is 12.6. The van der Waals surface area contributed by atoms with Crippen LogP contribution in [0.25, 0.3) is 0 Å². The van der Waals surface area contributed by atoms with Crippen LogP contribution in [0.1, 0.15) is 272 Å². The third-order valence-electron chi connectivity index (χ3n) is 26.4. The number of carbonyl (C=O) groups is 5. The number of nitrogens with one attached hydrogen (secondary N) is 1. The first-order valence-electron chi connectivity index (χ1n) is 47.6. The number of hydrogen-bond donors (Lipinski definition) is 7. The molecular formula is C110H173NO20S. The highest BCUT2D eigenvalue weighted by atomic mass is 32.2. The third-order valence-corrected chi connectivity index (χ3v) is 27.2. The van der Waals surface area contributed by atoms with Crippen molar-refractivity contribution in [2.24, 2.45) is 59.2 Å². The fourth-order valence-electron chi connectivity index (χ4n) is 17.0. The molecule has 744 valence electrons. The molecular weight excluding hydrogens is 1690 g/mol. The summed E-state index contributed by atoms with van der Waals surface area (Å²) < 4.78 is 47.1. The van der Waals surface area contributed by atoms with Gasteiger partial charge in [0.2, 0.25) is 40.4 Å².